The average molecular weight is 234 g/mol. The molecule has 0 radical (unpaired) electrons. The summed E-state index contributed by atoms with van der Waals surface area (Å²) in [4.78, 5) is 13.9. The maximum Gasteiger partial charge on any atom is 0.256 e. The number of likely N-dealkylation sites (tertiary alicyclic amines) is 1. The van der Waals surface area contributed by atoms with E-state index in [1.165, 1.54) is 18.2 Å². The number of nitrogens with two attached hydrogens (primary N) is 1. The highest BCUT2D eigenvalue weighted by molar-refractivity contribution is 5.99. The van der Waals surface area contributed by atoms with Gasteiger partial charge < -0.3 is 10.6 Å². The quantitative estimate of drug-likeness (QED) is 0.630. The summed E-state index contributed by atoms with van der Waals surface area (Å²) in [6, 6.07) is 3.89. The summed E-state index contributed by atoms with van der Waals surface area (Å²) < 4.78 is 13.1. The van der Waals surface area contributed by atoms with Gasteiger partial charge in [0.05, 0.1) is 11.6 Å². The minimum absolute atomic E-state index is 0.0326. The predicted molar refractivity (Wildman–Crippen MR) is 65.1 cm³/mol. The van der Waals surface area contributed by atoms with Crippen molar-refractivity contribution in [3.05, 3.63) is 42.2 Å². The van der Waals surface area contributed by atoms with Crippen LogP contribution in [0, 0.1) is 5.82 Å². The highest BCUT2D eigenvalue weighted by atomic mass is 19.1. The highest BCUT2D eigenvalue weighted by Crippen LogP contribution is 2.23. The minimum atomic E-state index is -0.447. The SMILES string of the molecule is C=C[C@@H]1CCCN1C(=O)c1cc(F)ccc1N. The van der Waals surface area contributed by atoms with Crippen molar-refractivity contribution >= 4 is 11.6 Å². The predicted octanol–water partition coefficient (Wildman–Crippen LogP) is 2.20. The average Bonchev–Trinajstić information content (AvgIpc) is 2.79. The smallest absolute Gasteiger partial charge is 0.256 e. The van der Waals surface area contributed by atoms with E-state index >= 15 is 0 Å². The third-order valence-electron chi connectivity index (χ3n) is 3.08. The second-order valence-electron chi connectivity index (χ2n) is 4.18. The number of amides is 1. The van der Waals surface area contributed by atoms with Crippen molar-refractivity contribution in [1.82, 2.24) is 4.90 Å². The molecule has 0 aromatic heterocycles. The number of halogens is 1. The van der Waals surface area contributed by atoms with E-state index in [1.807, 2.05) is 0 Å². The lowest BCUT2D eigenvalue weighted by Gasteiger charge is -2.22. The van der Waals surface area contributed by atoms with Crippen LogP contribution >= 0.6 is 0 Å². The molecule has 1 aliphatic rings. The summed E-state index contributed by atoms with van der Waals surface area (Å²) in [7, 11) is 0. The van der Waals surface area contributed by atoms with Gasteiger partial charge in [-0.3, -0.25) is 4.79 Å². The van der Waals surface area contributed by atoms with E-state index in [4.69, 9.17) is 5.73 Å². The second-order valence-corrected chi connectivity index (χ2v) is 4.18. The van der Waals surface area contributed by atoms with Crippen molar-refractivity contribution in [2.75, 3.05) is 12.3 Å². The minimum Gasteiger partial charge on any atom is -0.398 e. The van der Waals surface area contributed by atoms with Gasteiger partial charge in [0, 0.05) is 12.2 Å². The molecule has 0 aliphatic carbocycles. The van der Waals surface area contributed by atoms with E-state index in [9.17, 15) is 9.18 Å². The Bertz CT molecular complexity index is 459. The Kier molecular flexibility index (Phi) is 3.13. The molecule has 1 fully saturated rings. The van der Waals surface area contributed by atoms with Crippen LogP contribution in [-0.2, 0) is 0 Å². The Balaban J connectivity index is 2.30. The van der Waals surface area contributed by atoms with Crippen LogP contribution in [0.2, 0.25) is 0 Å². The molecule has 2 rings (SSSR count). The summed E-state index contributed by atoms with van der Waals surface area (Å²) in [5.41, 5.74) is 6.25. The highest BCUT2D eigenvalue weighted by Gasteiger charge is 2.28. The molecule has 1 aromatic rings. The molecule has 1 aromatic carbocycles. The number of hydrogen-bond donors (Lipinski definition) is 1. The zero-order valence-electron chi connectivity index (χ0n) is 9.53. The van der Waals surface area contributed by atoms with Gasteiger partial charge in [-0.25, -0.2) is 4.39 Å². The summed E-state index contributed by atoms with van der Waals surface area (Å²) in [6.07, 6.45) is 3.60. The Morgan fingerprint density at radius 3 is 3.06 bits per heavy atom. The molecule has 0 spiro atoms. The number of nitrogen functional groups attached to an aromatic ring is 1. The largest absolute Gasteiger partial charge is 0.398 e. The lowest BCUT2D eigenvalue weighted by molar-refractivity contribution is 0.0762. The number of rotatable bonds is 2. The van der Waals surface area contributed by atoms with Crippen LogP contribution in [-0.4, -0.2) is 23.4 Å². The molecule has 2 N–H and O–H groups in total. The number of benzene rings is 1. The van der Waals surface area contributed by atoms with Crippen molar-refractivity contribution in [3.63, 3.8) is 0 Å². The summed E-state index contributed by atoms with van der Waals surface area (Å²) in [5, 5.41) is 0. The molecule has 1 saturated heterocycles. The molecule has 1 amide bonds. The van der Waals surface area contributed by atoms with Crippen LogP contribution in [0.5, 0.6) is 0 Å². The number of hydrogen-bond acceptors (Lipinski definition) is 2. The van der Waals surface area contributed by atoms with E-state index in [0.717, 1.165) is 12.8 Å². The first kappa shape index (κ1) is 11.6. The molecule has 0 saturated carbocycles. The summed E-state index contributed by atoms with van der Waals surface area (Å²) in [5.74, 6) is -0.665. The van der Waals surface area contributed by atoms with Gasteiger partial charge in [0.1, 0.15) is 5.82 Å². The number of anilines is 1. The Hall–Kier alpha value is -1.84. The zero-order chi connectivity index (χ0) is 12.4. The molecule has 4 heteroatoms. The fraction of sp³-hybridized carbons (Fsp3) is 0.308. The third kappa shape index (κ3) is 2.16. The van der Waals surface area contributed by atoms with Crippen molar-refractivity contribution in [3.8, 4) is 0 Å². The molecular weight excluding hydrogens is 219 g/mol. The normalized spacial score (nSPS) is 19.4. The standard InChI is InChI=1S/C13H15FN2O/c1-2-10-4-3-7-16(10)13(17)11-8-9(14)5-6-12(11)15/h2,5-6,8,10H,1,3-4,7,15H2/t10-/m1/s1. The number of nitrogens with zero attached hydrogens (tertiary/aromatic N) is 1. The molecule has 1 atom stereocenters. The van der Waals surface area contributed by atoms with E-state index in [-0.39, 0.29) is 17.5 Å². The van der Waals surface area contributed by atoms with E-state index in [0.29, 0.717) is 12.2 Å². The second kappa shape index (κ2) is 4.57. The Labute approximate surface area is 99.7 Å². The van der Waals surface area contributed by atoms with Gasteiger partial charge >= 0.3 is 0 Å². The van der Waals surface area contributed by atoms with Gasteiger partial charge in [0.2, 0.25) is 0 Å². The van der Waals surface area contributed by atoms with Crippen LogP contribution in [0.3, 0.4) is 0 Å². The van der Waals surface area contributed by atoms with Crippen molar-refractivity contribution in [2.24, 2.45) is 0 Å². The number of carbonyl (C=O) groups is 1. The Morgan fingerprint density at radius 1 is 1.59 bits per heavy atom. The fourth-order valence-corrected chi connectivity index (χ4v) is 2.16. The molecule has 17 heavy (non-hydrogen) atoms. The van der Waals surface area contributed by atoms with Crippen molar-refractivity contribution in [1.29, 1.82) is 0 Å². The maximum absolute atomic E-state index is 13.1. The van der Waals surface area contributed by atoms with E-state index < -0.39 is 5.82 Å². The van der Waals surface area contributed by atoms with E-state index in [1.54, 1.807) is 11.0 Å². The van der Waals surface area contributed by atoms with E-state index in [2.05, 4.69) is 6.58 Å². The molecule has 90 valence electrons. The van der Waals surface area contributed by atoms with Crippen LogP contribution in [0.4, 0.5) is 10.1 Å². The summed E-state index contributed by atoms with van der Waals surface area (Å²) in [6.45, 7) is 4.38. The zero-order valence-corrected chi connectivity index (χ0v) is 9.53. The lowest BCUT2D eigenvalue weighted by atomic mass is 10.1. The molecule has 0 bridgehead atoms. The summed E-state index contributed by atoms with van der Waals surface area (Å²) >= 11 is 0. The van der Waals surface area contributed by atoms with Crippen molar-refractivity contribution in [2.45, 2.75) is 18.9 Å². The van der Waals surface area contributed by atoms with Gasteiger partial charge in [-0.05, 0) is 31.0 Å². The van der Waals surface area contributed by atoms with Crippen LogP contribution in [0.15, 0.2) is 30.9 Å². The third-order valence-corrected chi connectivity index (χ3v) is 3.08. The maximum atomic E-state index is 13.1. The molecule has 1 heterocycles. The van der Waals surface area contributed by atoms with Crippen molar-refractivity contribution < 1.29 is 9.18 Å². The van der Waals surface area contributed by atoms with Crippen LogP contribution in [0.25, 0.3) is 0 Å². The van der Waals surface area contributed by atoms with Crippen LogP contribution < -0.4 is 5.73 Å². The molecular formula is C13H15FN2O. The van der Waals surface area contributed by atoms with Crippen LogP contribution in [0.1, 0.15) is 23.2 Å². The Morgan fingerprint density at radius 2 is 2.35 bits per heavy atom. The van der Waals surface area contributed by atoms with Gasteiger partial charge in [-0.2, -0.15) is 0 Å². The molecule has 3 nitrogen and oxygen atoms in total. The van der Waals surface area contributed by atoms with Gasteiger partial charge in [0.25, 0.3) is 5.91 Å². The topological polar surface area (TPSA) is 46.3 Å². The van der Waals surface area contributed by atoms with Gasteiger partial charge in [-0.1, -0.05) is 6.08 Å². The molecule has 1 aliphatic heterocycles. The first-order chi connectivity index (χ1) is 8.13. The first-order valence-corrected chi connectivity index (χ1v) is 5.62. The molecule has 0 unspecified atom stereocenters. The first-order valence-electron chi connectivity index (χ1n) is 5.62. The lowest BCUT2D eigenvalue weighted by Crippen LogP contribution is -2.34. The number of carbonyl (C=O) groups excluding carboxylic acids is 1. The van der Waals surface area contributed by atoms with Gasteiger partial charge in [0.15, 0.2) is 0 Å². The van der Waals surface area contributed by atoms with Gasteiger partial charge in [-0.15, -0.1) is 6.58 Å². The fourth-order valence-electron chi connectivity index (χ4n) is 2.16. The monoisotopic (exact) mass is 234 g/mol.